The van der Waals surface area contributed by atoms with Crippen molar-refractivity contribution in [2.75, 3.05) is 26.9 Å². The number of fused-ring (bicyclic) bond motifs is 1. The van der Waals surface area contributed by atoms with E-state index in [4.69, 9.17) is 9.47 Å². The van der Waals surface area contributed by atoms with E-state index in [1.54, 1.807) is 18.4 Å². The van der Waals surface area contributed by atoms with Gasteiger partial charge in [0.15, 0.2) is 0 Å². The van der Waals surface area contributed by atoms with E-state index in [1.807, 2.05) is 11.4 Å². The van der Waals surface area contributed by atoms with Gasteiger partial charge in [0.05, 0.1) is 19.3 Å². The summed E-state index contributed by atoms with van der Waals surface area (Å²) in [7, 11) is 1.62. The third kappa shape index (κ3) is 4.91. The first-order valence-electron chi connectivity index (χ1n) is 8.79. The Morgan fingerprint density at radius 2 is 2.04 bits per heavy atom. The van der Waals surface area contributed by atoms with Gasteiger partial charge in [0.1, 0.15) is 6.61 Å². The molecule has 0 aliphatic heterocycles. The number of methoxy groups -OCH3 is 1. The Kier molecular flexibility index (Phi) is 6.62. The SMILES string of the molecule is COCCOCC(=O)NC(c1ccc2c(c1)CCCC2)c1cccs1. The summed E-state index contributed by atoms with van der Waals surface area (Å²) in [6.45, 7) is 0.967. The summed E-state index contributed by atoms with van der Waals surface area (Å²) in [5, 5.41) is 5.17. The highest BCUT2D eigenvalue weighted by molar-refractivity contribution is 7.10. The molecule has 0 spiro atoms. The maximum atomic E-state index is 12.3. The Morgan fingerprint density at radius 1 is 1.20 bits per heavy atom. The van der Waals surface area contributed by atoms with E-state index in [9.17, 15) is 4.79 Å². The minimum Gasteiger partial charge on any atom is -0.382 e. The minimum atomic E-state index is -0.120. The maximum absolute atomic E-state index is 12.3. The molecule has 0 radical (unpaired) electrons. The summed E-state index contributed by atoms with van der Waals surface area (Å²) in [4.78, 5) is 13.4. The van der Waals surface area contributed by atoms with E-state index in [-0.39, 0.29) is 18.6 Å². The molecule has 1 aliphatic carbocycles. The number of hydrogen-bond donors (Lipinski definition) is 1. The van der Waals surface area contributed by atoms with Gasteiger partial charge in [-0.2, -0.15) is 0 Å². The average Bonchev–Trinajstić information content (AvgIpc) is 3.17. The van der Waals surface area contributed by atoms with Crippen LogP contribution in [-0.2, 0) is 27.1 Å². The van der Waals surface area contributed by atoms with E-state index < -0.39 is 0 Å². The van der Waals surface area contributed by atoms with Gasteiger partial charge in [-0.15, -0.1) is 11.3 Å². The van der Waals surface area contributed by atoms with Crippen LogP contribution in [0.1, 0.15) is 40.5 Å². The highest BCUT2D eigenvalue weighted by Crippen LogP contribution is 2.30. The van der Waals surface area contributed by atoms with Crippen LogP contribution in [0.2, 0.25) is 0 Å². The second kappa shape index (κ2) is 9.13. The van der Waals surface area contributed by atoms with Crippen molar-refractivity contribution in [1.82, 2.24) is 5.32 Å². The summed E-state index contributed by atoms with van der Waals surface area (Å²) in [6.07, 6.45) is 4.82. The van der Waals surface area contributed by atoms with Gasteiger partial charge in [-0.1, -0.05) is 24.3 Å². The number of rotatable bonds is 8. The van der Waals surface area contributed by atoms with E-state index >= 15 is 0 Å². The van der Waals surface area contributed by atoms with Crippen LogP contribution in [0.5, 0.6) is 0 Å². The zero-order valence-corrected chi connectivity index (χ0v) is 15.4. The smallest absolute Gasteiger partial charge is 0.246 e. The summed E-state index contributed by atoms with van der Waals surface area (Å²) >= 11 is 1.66. The fourth-order valence-corrected chi connectivity index (χ4v) is 4.02. The quantitative estimate of drug-likeness (QED) is 0.734. The zero-order valence-electron chi connectivity index (χ0n) is 14.6. The molecule has 1 N–H and O–H groups in total. The van der Waals surface area contributed by atoms with E-state index in [2.05, 4.69) is 29.6 Å². The van der Waals surface area contributed by atoms with Gasteiger partial charge in [-0.25, -0.2) is 0 Å². The third-order valence-electron chi connectivity index (χ3n) is 4.50. The van der Waals surface area contributed by atoms with Gasteiger partial charge in [-0.05, 0) is 53.8 Å². The molecule has 0 saturated carbocycles. The molecule has 134 valence electrons. The molecule has 25 heavy (non-hydrogen) atoms. The van der Waals surface area contributed by atoms with Crippen LogP contribution in [0.25, 0.3) is 0 Å². The first kappa shape index (κ1) is 18.1. The fraction of sp³-hybridized carbons (Fsp3) is 0.450. The van der Waals surface area contributed by atoms with Crippen LogP contribution in [0.4, 0.5) is 0 Å². The van der Waals surface area contributed by atoms with Gasteiger partial charge < -0.3 is 14.8 Å². The predicted octanol–water partition coefficient (Wildman–Crippen LogP) is 3.50. The number of amides is 1. The summed E-state index contributed by atoms with van der Waals surface area (Å²) in [6, 6.07) is 10.6. The van der Waals surface area contributed by atoms with Crippen LogP contribution in [-0.4, -0.2) is 32.8 Å². The number of thiophene rings is 1. The lowest BCUT2D eigenvalue weighted by atomic mass is 9.89. The molecule has 2 aromatic rings. The highest BCUT2D eigenvalue weighted by atomic mass is 32.1. The fourth-order valence-electron chi connectivity index (χ4n) is 3.22. The Labute approximate surface area is 153 Å². The van der Waals surface area contributed by atoms with Crippen molar-refractivity contribution in [2.24, 2.45) is 0 Å². The van der Waals surface area contributed by atoms with Gasteiger partial charge >= 0.3 is 0 Å². The van der Waals surface area contributed by atoms with Crippen molar-refractivity contribution < 1.29 is 14.3 Å². The van der Waals surface area contributed by atoms with Crippen LogP contribution in [0.15, 0.2) is 35.7 Å². The Bertz CT molecular complexity index is 684. The van der Waals surface area contributed by atoms with E-state index in [0.29, 0.717) is 13.2 Å². The van der Waals surface area contributed by atoms with Crippen LogP contribution < -0.4 is 5.32 Å². The van der Waals surface area contributed by atoms with Crippen molar-refractivity contribution in [3.8, 4) is 0 Å². The molecule has 0 fully saturated rings. The molecule has 1 unspecified atom stereocenters. The standard InChI is InChI=1S/C20H25NO3S/c1-23-10-11-24-14-19(22)21-20(18-7-4-12-25-18)17-9-8-15-5-2-3-6-16(15)13-17/h4,7-9,12-13,20H,2-3,5-6,10-11,14H2,1H3,(H,21,22). The molecular weight excluding hydrogens is 334 g/mol. The molecule has 1 atom stereocenters. The number of nitrogens with one attached hydrogen (secondary N) is 1. The van der Waals surface area contributed by atoms with Crippen molar-refractivity contribution in [2.45, 2.75) is 31.7 Å². The number of carbonyl (C=O) groups is 1. The Balaban J connectivity index is 1.73. The van der Waals surface area contributed by atoms with Crippen LogP contribution >= 0.6 is 11.3 Å². The lowest BCUT2D eigenvalue weighted by Gasteiger charge is -2.22. The first-order chi connectivity index (χ1) is 12.3. The van der Waals surface area contributed by atoms with Gasteiger partial charge in [0.25, 0.3) is 0 Å². The predicted molar refractivity (Wildman–Crippen MR) is 100 cm³/mol. The number of aryl methyl sites for hydroxylation is 2. The summed E-state index contributed by atoms with van der Waals surface area (Å²) in [5.41, 5.74) is 4.03. The first-order valence-corrected chi connectivity index (χ1v) is 9.67. The number of ether oxygens (including phenoxy) is 2. The van der Waals surface area contributed by atoms with Gasteiger partial charge in [0, 0.05) is 12.0 Å². The number of hydrogen-bond acceptors (Lipinski definition) is 4. The second-order valence-corrected chi connectivity index (χ2v) is 7.28. The van der Waals surface area contributed by atoms with Crippen LogP contribution in [0.3, 0.4) is 0 Å². The van der Waals surface area contributed by atoms with Crippen molar-refractivity contribution in [3.63, 3.8) is 0 Å². The number of benzene rings is 1. The topological polar surface area (TPSA) is 47.6 Å². The largest absolute Gasteiger partial charge is 0.382 e. The lowest BCUT2D eigenvalue weighted by molar-refractivity contribution is -0.126. The average molecular weight is 359 g/mol. The normalized spacial score (nSPS) is 14.8. The second-order valence-electron chi connectivity index (χ2n) is 6.30. The molecule has 0 saturated heterocycles. The minimum absolute atomic E-state index is 0.0518. The molecule has 1 aliphatic rings. The number of carbonyl (C=O) groups excluding carboxylic acids is 1. The molecule has 0 bridgehead atoms. The molecular formula is C20H25NO3S. The van der Waals surface area contributed by atoms with Gasteiger partial charge in [-0.3, -0.25) is 4.79 Å². The van der Waals surface area contributed by atoms with Gasteiger partial charge in [0.2, 0.25) is 5.91 Å². The van der Waals surface area contributed by atoms with Crippen molar-refractivity contribution >= 4 is 17.2 Å². The summed E-state index contributed by atoms with van der Waals surface area (Å²) in [5.74, 6) is -0.104. The molecule has 1 aromatic carbocycles. The molecule has 4 nitrogen and oxygen atoms in total. The van der Waals surface area contributed by atoms with Crippen molar-refractivity contribution in [3.05, 3.63) is 57.3 Å². The molecule has 1 heterocycles. The molecule has 1 amide bonds. The highest BCUT2D eigenvalue weighted by Gasteiger charge is 2.20. The zero-order chi connectivity index (χ0) is 17.5. The maximum Gasteiger partial charge on any atom is 0.246 e. The molecule has 3 rings (SSSR count). The molecule has 1 aromatic heterocycles. The Morgan fingerprint density at radius 3 is 2.80 bits per heavy atom. The molecule has 5 heteroatoms. The summed E-state index contributed by atoms with van der Waals surface area (Å²) < 4.78 is 10.3. The Hall–Kier alpha value is -1.69. The van der Waals surface area contributed by atoms with E-state index in [1.165, 1.54) is 30.4 Å². The van der Waals surface area contributed by atoms with E-state index in [0.717, 1.165) is 16.9 Å². The third-order valence-corrected chi connectivity index (χ3v) is 5.44. The monoisotopic (exact) mass is 359 g/mol. The van der Waals surface area contributed by atoms with Crippen molar-refractivity contribution in [1.29, 1.82) is 0 Å². The van der Waals surface area contributed by atoms with Crippen LogP contribution in [0, 0.1) is 0 Å². The lowest BCUT2D eigenvalue weighted by Crippen LogP contribution is -2.32.